The van der Waals surface area contributed by atoms with Gasteiger partial charge in [0.25, 0.3) is 0 Å². The van der Waals surface area contributed by atoms with E-state index in [4.69, 9.17) is 23.1 Å². The first-order valence-electron chi connectivity index (χ1n) is 5.19. The highest BCUT2D eigenvalue weighted by atomic mass is 35.5. The molecule has 0 saturated heterocycles. The monoisotopic (exact) mass is 241 g/mol. The number of pyridine rings is 1. The molecular weight excluding hydrogens is 226 g/mol. The number of hydrogen-bond acceptors (Lipinski definition) is 4. The fourth-order valence-corrected chi connectivity index (χ4v) is 1.46. The molecule has 0 fully saturated rings. The Kier molecular flexibility index (Phi) is 4.71. The van der Waals surface area contributed by atoms with Gasteiger partial charge < -0.3 is 11.5 Å². The number of hydrogen-bond donors (Lipinski definition) is 2. The Morgan fingerprint density at radius 2 is 2.31 bits per heavy atom. The SMILES string of the molecule is CC(CN)CCC(=O)c1cc(Cl)cnc1N. The van der Waals surface area contributed by atoms with E-state index in [9.17, 15) is 4.79 Å². The quantitative estimate of drug-likeness (QED) is 0.771. The Hall–Kier alpha value is -1.13. The Labute approximate surface area is 100.0 Å². The van der Waals surface area contributed by atoms with Crippen molar-refractivity contribution in [3.05, 3.63) is 22.8 Å². The van der Waals surface area contributed by atoms with Gasteiger partial charge in [-0.3, -0.25) is 4.79 Å². The first-order chi connectivity index (χ1) is 7.54. The number of ketones is 1. The van der Waals surface area contributed by atoms with Crippen LogP contribution in [-0.2, 0) is 0 Å². The Morgan fingerprint density at radius 1 is 1.62 bits per heavy atom. The summed E-state index contributed by atoms with van der Waals surface area (Å²) >= 11 is 5.76. The maximum atomic E-state index is 11.8. The number of aromatic nitrogens is 1. The average molecular weight is 242 g/mol. The number of rotatable bonds is 5. The average Bonchev–Trinajstić information content (AvgIpc) is 2.28. The molecule has 4 nitrogen and oxygen atoms in total. The van der Waals surface area contributed by atoms with Gasteiger partial charge in [0.2, 0.25) is 0 Å². The van der Waals surface area contributed by atoms with Crippen LogP contribution in [0, 0.1) is 5.92 Å². The molecule has 1 aromatic rings. The predicted molar refractivity (Wildman–Crippen MR) is 65.4 cm³/mol. The van der Waals surface area contributed by atoms with Gasteiger partial charge in [0, 0.05) is 12.6 Å². The molecule has 1 atom stereocenters. The van der Waals surface area contributed by atoms with E-state index in [1.54, 1.807) is 6.07 Å². The van der Waals surface area contributed by atoms with Crippen LogP contribution in [0.15, 0.2) is 12.3 Å². The van der Waals surface area contributed by atoms with Gasteiger partial charge >= 0.3 is 0 Å². The number of anilines is 1. The van der Waals surface area contributed by atoms with E-state index in [-0.39, 0.29) is 11.6 Å². The minimum absolute atomic E-state index is 0.0344. The zero-order valence-electron chi connectivity index (χ0n) is 9.24. The maximum absolute atomic E-state index is 11.8. The normalized spacial score (nSPS) is 12.4. The van der Waals surface area contributed by atoms with Crippen LogP contribution in [0.25, 0.3) is 0 Å². The van der Waals surface area contributed by atoms with Crippen molar-refractivity contribution >= 4 is 23.2 Å². The van der Waals surface area contributed by atoms with E-state index >= 15 is 0 Å². The van der Waals surface area contributed by atoms with Gasteiger partial charge in [0.1, 0.15) is 5.82 Å². The zero-order valence-corrected chi connectivity index (χ0v) is 10.00. The van der Waals surface area contributed by atoms with Crippen molar-refractivity contribution in [1.29, 1.82) is 0 Å². The van der Waals surface area contributed by atoms with Crippen LogP contribution in [0.1, 0.15) is 30.1 Å². The van der Waals surface area contributed by atoms with Crippen molar-refractivity contribution < 1.29 is 4.79 Å². The molecule has 1 aromatic heterocycles. The van der Waals surface area contributed by atoms with E-state index in [1.165, 1.54) is 6.20 Å². The third kappa shape index (κ3) is 3.47. The summed E-state index contributed by atoms with van der Waals surface area (Å²) in [6.45, 7) is 2.59. The van der Waals surface area contributed by atoms with Gasteiger partial charge in [-0.25, -0.2) is 4.98 Å². The molecule has 1 rings (SSSR count). The molecule has 88 valence electrons. The number of nitrogens with two attached hydrogens (primary N) is 2. The highest BCUT2D eigenvalue weighted by Crippen LogP contribution is 2.18. The minimum Gasteiger partial charge on any atom is -0.383 e. The predicted octanol–water partition coefficient (Wildman–Crippen LogP) is 1.87. The molecule has 0 aromatic carbocycles. The van der Waals surface area contributed by atoms with Crippen LogP contribution in [0.5, 0.6) is 0 Å². The van der Waals surface area contributed by atoms with Crippen molar-refractivity contribution in [3.8, 4) is 0 Å². The molecule has 1 heterocycles. The van der Waals surface area contributed by atoms with Crippen molar-refractivity contribution in [1.82, 2.24) is 4.98 Å². The van der Waals surface area contributed by atoms with Gasteiger partial charge in [-0.05, 0) is 24.9 Å². The molecule has 0 aliphatic carbocycles. The Bertz CT molecular complexity index is 381. The van der Waals surface area contributed by atoms with Crippen LogP contribution in [0.2, 0.25) is 5.02 Å². The number of Topliss-reactive ketones (excluding diaryl/α,β-unsaturated/α-hetero) is 1. The third-order valence-corrected chi connectivity index (χ3v) is 2.66. The largest absolute Gasteiger partial charge is 0.383 e. The number of halogens is 1. The van der Waals surface area contributed by atoms with Gasteiger partial charge in [-0.15, -0.1) is 0 Å². The summed E-state index contributed by atoms with van der Waals surface area (Å²) in [4.78, 5) is 15.7. The summed E-state index contributed by atoms with van der Waals surface area (Å²) in [5.74, 6) is 0.528. The van der Waals surface area contributed by atoms with Gasteiger partial charge in [0.05, 0.1) is 10.6 Å². The number of nitrogens with zero attached hydrogens (tertiary/aromatic N) is 1. The van der Waals surface area contributed by atoms with E-state index < -0.39 is 0 Å². The summed E-state index contributed by atoms with van der Waals surface area (Å²) < 4.78 is 0. The third-order valence-electron chi connectivity index (χ3n) is 2.45. The van der Waals surface area contributed by atoms with Crippen LogP contribution >= 0.6 is 11.6 Å². The lowest BCUT2D eigenvalue weighted by molar-refractivity contribution is 0.0975. The molecule has 0 saturated carbocycles. The first kappa shape index (κ1) is 12.9. The second kappa shape index (κ2) is 5.82. The number of carbonyl (C=O) groups excluding carboxylic acids is 1. The fourth-order valence-electron chi connectivity index (χ4n) is 1.30. The van der Waals surface area contributed by atoms with Crippen molar-refractivity contribution in [2.75, 3.05) is 12.3 Å². The molecule has 16 heavy (non-hydrogen) atoms. The minimum atomic E-state index is -0.0344. The Balaban J connectivity index is 2.69. The van der Waals surface area contributed by atoms with Gasteiger partial charge in [0.15, 0.2) is 5.78 Å². The molecular formula is C11H16ClN3O. The fraction of sp³-hybridized carbons (Fsp3) is 0.455. The second-order valence-corrected chi connectivity index (χ2v) is 4.33. The van der Waals surface area contributed by atoms with Crippen molar-refractivity contribution in [2.45, 2.75) is 19.8 Å². The molecule has 1 unspecified atom stereocenters. The van der Waals surface area contributed by atoms with Crippen LogP contribution in [0.3, 0.4) is 0 Å². The molecule has 0 aliphatic heterocycles. The lowest BCUT2D eigenvalue weighted by Crippen LogP contribution is -2.13. The van der Waals surface area contributed by atoms with Crippen molar-refractivity contribution in [3.63, 3.8) is 0 Å². The highest BCUT2D eigenvalue weighted by molar-refractivity contribution is 6.31. The van der Waals surface area contributed by atoms with E-state index in [0.717, 1.165) is 6.42 Å². The van der Waals surface area contributed by atoms with E-state index in [1.807, 2.05) is 6.92 Å². The number of carbonyl (C=O) groups is 1. The van der Waals surface area contributed by atoms with Gasteiger partial charge in [-0.2, -0.15) is 0 Å². The topological polar surface area (TPSA) is 82.0 Å². The number of nitrogen functional groups attached to an aromatic ring is 1. The zero-order chi connectivity index (χ0) is 12.1. The van der Waals surface area contributed by atoms with Gasteiger partial charge in [-0.1, -0.05) is 18.5 Å². The summed E-state index contributed by atoms with van der Waals surface area (Å²) in [6.07, 6.45) is 2.60. The first-order valence-corrected chi connectivity index (χ1v) is 5.56. The molecule has 4 N–H and O–H groups in total. The Morgan fingerprint density at radius 3 is 2.94 bits per heavy atom. The highest BCUT2D eigenvalue weighted by Gasteiger charge is 2.12. The summed E-state index contributed by atoms with van der Waals surface area (Å²) in [7, 11) is 0. The molecule has 0 spiro atoms. The molecule has 0 amide bonds. The van der Waals surface area contributed by atoms with Crippen molar-refractivity contribution in [2.24, 2.45) is 11.7 Å². The van der Waals surface area contributed by atoms with Crippen LogP contribution in [0.4, 0.5) is 5.82 Å². The second-order valence-electron chi connectivity index (χ2n) is 3.89. The van der Waals surface area contributed by atoms with E-state index in [2.05, 4.69) is 4.98 Å². The standard InChI is InChI=1S/C11H16ClN3O/c1-7(5-13)2-3-10(16)9-4-8(12)6-15-11(9)14/h4,6-7H,2-3,5,13H2,1H3,(H2,14,15). The van der Waals surface area contributed by atoms with Crippen LogP contribution < -0.4 is 11.5 Å². The molecule has 5 heteroatoms. The molecule has 0 aliphatic rings. The summed E-state index contributed by atoms with van der Waals surface area (Å²) in [6, 6.07) is 1.55. The summed E-state index contributed by atoms with van der Waals surface area (Å²) in [5, 5.41) is 0.421. The molecule has 0 radical (unpaired) electrons. The smallest absolute Gasteiger partial charge is 0.166 e. The van der Waals surface area contributed by atoms with E-state index in [0.29, 0.717) is 29.5 Å². The summed E-state index contributed by atoms with van der Waals surface area (Å²) in [5.41, 5.74) is 11.5. The van der Waals surface area contributed by atoms with Crippen LogP contribution in [-0.4, -0.2) is 17.3 Å². The lowest BCUT2D eigenvalue weighted by Gasteiger charge is -2.08. The lowest BCUT2D eigenvalue weighted by atomic mass is 10.0. The maximum Gasteiger partial charge on any atom is 0.166 e. The molecule has 0 bridgehead atoms.